The Morgan fingerprint density at radius 2 is 1.26 bits per heavy atom. The van der Waals surface area contributed by atoms with Gasteiger partial charge in [0.05, 0.1) is 0 Å². The van der Waals surface area contributed by atoms with Crippen LogP contribution in [-0.4, -0.2) is 16.9 Å². The molecule has 2 amide bonds. The summed E-state index contributed by atoms with van der Waals surface area (Å²) in [5.74, 6) is -0.243. The first-order valence-electron chi connectivity index (χ1n) is 14.3. The Balaban J connectivity index is 1.66. The Morgan fingerprint density at radius 1 is 0.737 bits per heavy atom. The van der Waals surface area contributed by atoms with Crippen molar-refractivity contribution in [3.8, 4) is 0 Å². The van der Waals surface area contributed by atoms with Crippen molar-refractivity contribution in [3.05, 3.63) is 59.7 Å². The van der Waals surface area contributed by atoms with E-state index in [4.69, 9.17) is 12.2 Å². The summed E-state index contributed by atoms with van der Waals surface area (Å²) in [6.07, 6.45) is 14.3. The molecular formula is C32H47N3O2S. The molecule has 0 saturated carbocycles. The molecule has 0 atom stereocenters. The average Bonchev–Trinajstić information content (AvgIpc) is 2.87. The molecule has 38 heavy (non-hydrogen) atoms. The fourth-order valence-corrected chi connectivity index (χ4v) is 4.53. The first kappa shape index (κ1) is 31.5. The zero-order valence-corrected chi connectivity index (χ0v) is 24.6. The van der Waals surface area contributed by atoms with Crippen LogP contribution in [-0.2, 0) is 10.2 Å². The number of unbranched alkanes of at least 4 members (excludes halogenated alkanes) is 10. The van der Waals surface area contributed by atoms with Crippen LogP contribution in [0, 0.1) is 0 Å². The van der Waals surface area contributed by atoms with E-state index in [1.54, 1.807) is 6.07 Å². The molecule has 6 heteroatoms. The lowest BCUT2D eigenvalue weighted by molar-refractivity contribution is -0.119. The van der Waals surface area contributed by atoms with E-state index in [0.717, 1.165) is 12.8 Å². The molecule has 208 valence electrons. The van der Waals surface area contributed by atoms with Gasteiger partial charge in [0.15, 0.2) is 5.11 Å². The Hall–Kier alpha value is -2.73. The fourth-order valence-electron chi connectivity index (χ4n) is 4.30. The van der Waals surface area contributed by atoms with Crippen molar-refractivity contribution >= 4 is 40.5 Å². The lowest BCUT2D eigenvalue weighted by Gasteiger charge is -2.19. The van der Waals surface area contributed by atoms with Crippen LogP contribution in [0.3, 0.4) is 0 Å². The van der Waals surface area contributed by atoms with Crippen LogP contribution < -0.4 is 16.0 Å². The highest BCUT2D eigenvalue weighted by Crippen LogP contribution is 2.23. The number of benzene rings is 2. The van der Waals surface area contributed by atoms with Crippen molar-refractivity contribution in [3.63, 3.8) is 0 Å². The van der Waals surface area contributed by atoms with E-state index in [2.05, 4.69) is 43.6 Å². The molecule has 0 unspecified atom stereocenters. The molecule has 2 aromatic rings. The highest BCUT2D eigenvalue weighted by Gasteiger charge is 2.14. The first-order chi connectivity index (χ1) is 18.2. The van der Waals surface area contributed by atoms with Gasteiger partial charge in [-0.3, -0.25) is 9.59 Å². The van der Waals surface area contributed by atoms with E-state index in [-0.39, 0.29) is 22.3 Å². The predicted octanol–water partition coefficient (Wildman–Crippen LogP) is 8.75. The number of carbonyl (C=O) groups excluding carboxylic acids is 2. The molecular weight excluding hydrogens is 490 g/mol. The Morgan fingerprint density at radius 3 is 1.82 bits per heavy atom. The van der Waals surface area contributed by atoms with Crippen molar-refractivity contribution in [2.75, 3.05) is 10.6 Å². The summed E-state index contributed by atoms with van der Waals surface area (Å²) < 4.78 is 0. The minimum atomic E-state index is -0.175. The number of hydrogen-bond acceptors (Lipinski definition) is 3. The van der Waals surface area contributed by atoms with E-state index in [0.29, 0.717) is 23.4 Å². The van der Waals surface area contributed by atoms with Gasteiger partial charge in [0, 0.05) is 23.4 Å². The van der Waals surface area contributed by atoms with Gasteiger partial charge in [0.25, 0.3) is 5.91 Å². The van der Waals surface area contributed by atoms with Crippen molar-refractivity contribution in [2.45, 2.75) is 110 Å². The van der Waals surface area contributed by atoms with Crippen LogP contribution in [0.25, 0.3) is 0 Å². The van der Waals surface area contributed by atoms with Gasteiger partial charge in [-0.2, -0.15) is 0 Å². The molecule has 0 saturated heterocycles. The monoisotopic (exact) mass is 537 g/mol. The number of rotatable bonds is 15. The second-order valence-corrected chi connectivity index (χ2v) is 11.6. The molecule has 0 bridgehead atoms. The largest absolute Gasteiger partial charge is 0.332 e. The topological polar surface area (TPSA) is 70.2 Å². The van der Waals surface area contributed by atoms with Crippen LogP contribution in [0.1, 0.15) is 121 Å². The molecule has 0 radical (unpaired) electrons. The molecule has 2 rings (SSSR count). The molecule has 0 aliphatic rings. The maximum atomic E-state index is 12.7. The molecule has 0 fully saturated rings. The van der Waals surface area contributed by atoms with Gasteiger partial charge in [0.2, 0.25) is 5.91 Å². The minimum Gasteiger partial charge on any atom is -0.332 e. The molecule has 0 aromatic heterocycles. The molecule has 5 nitrogen and oxygen atoms in total. The van der Waals surface area contributed by atoms with E-state index in [1.807, 2.05) is 42.5 Å². The average molecular weight is 538 g/mol. The third-order valence-electron chi connectivity index (χ3n) is 6.65. The van der Waals surface area contributed by atoms with Crippen LogP contribution in [0.5, 0.6) is 0 Å². The zero-order valence-electron chi connectivity index (χ0n) is 23.8. The summed E-state index contributed by atoms with van der Waals surface area (Å²) in [6, 6.07) is 15.0. The van der Waals surface area contributed by atoms with Gasteiger partial charge in [-0.15, -0.1) is 0 Å². The summed E-state index contributed by atoms with van der Waals surface area (Å²) in [6.45, 7) is 8.69. The van der Waals surface area contributed by atoms with E-state index in [9.17, 15) is 9.59 Å². The molecule has 0 aliphatic carbocycles. The lowest BCUT2D eigenvalue weighted by Crippen LogP contribution is -2.33. The van der Waals surface area contributed by atoms with E-state index < -0.39 is 0 Å². The van der Waals surface area contributed by atoms with Crippen molar-refractivity contribution in [1.82, 2.24) is 5.32 Å². The number of anilines is 2. The summed E-state index contributed by atoms with van der Waals surface area (Å²) in [5.41, 5.74) is 3.16. The molecule has 2 aromatic carbocycles. The van der Waals surface area contributed by atoms with Crippen molar-refractivity contribution in [2.24, 2.45) is 0 Å². The third kappa shape index (κ3) is 12.7. The maximum absolute atomic E-state index is 12.7. The van der Waals surface area contributed by atoms with Crippen molar-refractivity contribution in [1.29, 1.82) is 0 Å². The SMILES string of the molecule is CCCCCCCCCCCCCC(=O)NC(=S)Nc1cccc(NC(=O)c2ccc(C(C)(C)C)cc2)c1. The molecule has 0 heterocycles. The van der Waals surface area contributed by atoms with E-state index in [1.165, 1.54) is 63.4 Å². The minimum absolute atomic E-state index is 0.0375. The smallest absolute Gasteiger partial charge is 0.255 e. The summed E-state index contributed by atoms with van der Waals surface area (Å²) in [7, 11) is 0. The number of nitrogens with one attached hydrogen (secondary N) is 3. The van der Waals surface area contributed by atoms with Gasteiger partial charge in [-0.25, -0.2) is 0 Å². The van der Waals surface area contributed by atoms with Gasteiger partial charge in [-0.1, -0.05) is 110 Å². The second kappa shape index (κ2) is 17.0. The summed E-state index contributed by atoms with van der Waals surface area (Å²) >= 11 is 5.32. The standard InChI is InChI=1S/C32H47N3O2S/c1-5-6-7-8-9-10-11-12-13-14-15-19-29(36)35-31(38)34-28-18-16-17-27(24-28)33-30(37)25-20-22-26(23-21-25)32(2,3)4/h16-18,20-24H,5-15,19H2,1-4H3,(H,33,37)(H2,34,35,36,38). The number of thiocarbonyl (C=S) groups is 1. The number of amides is 2. The van der Waals surface area contributed by atoms with Gasteiger partial charge >= 0.3 is 0 Å². The Kier molecular flexibility index (Phi) is 14.1. The van der Waals surface area contributed by atoms with Gasteiger partial charge < -0.3 is 16.0 Å². The fraction of sp³-hybridized carbons (Fsp3) is 0.531. The third-order valence-corrected chi connectivity index (χ3v) is 6.86. The maximum Gasteiger partial charge on any atom is 0.255 e. The number of hydrogen-bond donors (Lipinski definition) is 3. The van der Waals surface area contributed by atoms with Crippen LogP contribution in [0.2, 0.25) is 0 Å². The first-order valence-corrected chi connectivity index (χ1v) is 14.7. The molecule has 3 N–H and O–H groups in total. The Bertz CT molecular complexity index is 1010. The Labute approximate surface area is 235 Å². The van der Waals surface area contributed by atoms with Crippen LogP contribution in [0.15, 0.2) is 48.5 Å². The number of carbonyl (C=O) groups is 2. The highest BCUT2D eigenvalue weighted by atomic mass is 32.1. The van der Waals surface area contributed by atoms with E-state index >= 15 is 0 Å². The molecule has 0 aliphatic heterocycles. The quantitative estimate of drug-likeness (QED) is 0.157. The van der Waals surface area contributed by atoms with Crippen LogP contribution >= 0.6 is 12.2 Å². The van der Waals surface area contributed by atoms with Crippen LogP contribution in [0.4, 0.5) is 11.4 Å². The normalized spacial score (nSPS) is 11.2. The lowest BCUT2D eigenvalue weighted by atomic mass is 9.87. The van der Waals surface area contributed by atoms with Crippen molar-refractivity contribution < 1.29 is 9.59 Å². The van der Waals surface area contributed by atoms with Gasteiger partial charge in [0.1, 0.15) is 0 Å². The van der Waals surface area contributed by atoms with Gasteiger partial charge in [-0.05, 0) is 59.9 Å². The predicted molar refractivity (Wildman–Crippen MR) is 165 cm³/mol. The zero-order chi connectivity index (χ0) is 27.8. The highest BCUT2D eigenvalue weighted by molar-refractivity contribution is 7.80. The second-order valence-electron chi connectivity index (χ2n) is 11.2. The summed E-state index contributed by atoms with van der Waals surface area (Å²) in [4.78, 5) is 25.0. The molecule has 0 spiro atoms. The summed E-state index contributed by atoms with van der Waals surface area (Å²) in [5, 5.41) is 8.99.